The van der Waals surface area contributed by atoms with Gasteiger partial charge >= 0.3 is 0 Å². The van der Waals surface area contributed by atoms with E-state index in [-0.39, 0.29) is 11.9 Å². The zero-order valence-electron chi connectivity index (χ0n) is 12.7. The minimum atomic E-state index is -0.461. The van der Waals surface area contributed by atoms with Crippen molar-refractivity contribution in [1.29, 1.82) is 0 Å². The molecule has 1 aromatic heterocycles. The highest BCUT2D eigenvalue weighted by molar-refractivity contribution is 5.96. The second-order valence-corrected chi connectivity index (χ2v) is 6.00. The third-order valence-electron chi connectivity index (χ3n) is 4.64. The molecule has 2 aliphatic rings. The van der Waals surface area contributed by atoms with Crippen LogP contribution >= 0.6 is 0 Å². The standard InChI is InChI=1S/C15H23N3O3/c1-3-11-14(10(2)21-16-11)15(20)18-8-12(13(19)9-18)17-6-4-5-7-17/h12-13,19H,3-9H2,1-2H3/t12-,13-/m1/s1. The number of rotatable bonds is 3. The molecule has 3 rings (SSSR count). The predicted octanol–water partition coefficient (Wildman–Crippen LogP) is 0.827. The fraction of sp³-hybridized carbons (Fsp3) is 0.733. The molecule has 1 amide bonds. The predicted molar refractivity (Wildman–Crippen MR) is 77.1 cm³/mol. The minimum absolute atomic E-state index is 0.0636. The normalized spacial score (nSPS) is 26.7. The fourth-order valence-corrected chi connectivity index (χ4v) is 3.46. The summed E-state index contributed by atoms with van der Waals surface area (Å²) in [5.74, 6) is 0.502. The van der Waals surface area contributed by atoms with Crippen molar-refractivity contribution in [2.45, 2.75) is 45.3 Å². The maximum atomic E-state index is 12.7. The second-order valence-electron chi connectivity index (χ2n) is 6.00. The molecule has 6 heteroatoms. The Morgan fingerprint density at radius 1 is 1.38 bits per heavy atom. The highest BCUT2D eigenvalue weighted by atomic mass is 16.5. The van der Waals surface area contributed by atoms with Crippen molar-refractivity contribution in [3.63, 3.8) is 0 Å². The van der Waals surface area contributed by atoms with Gasteiger partial charge in [-0.05, 0) is 39.3 Å². The zero-order valence-corrected chi connectivity index (χ0v) is 12.7. The quantitative estimate of drug-likeness (QED) is 0.894. The van der Waals surface area contributed by atoms with Gasteiger partial charge in [0.15, 0.2) is 0 Å². The molecule has 0 bridgehead atoms. The molecule has 2 atom stereocenters. The summed E-state index contributed by atoms with van der Waals surface area (Å²) in [7, 11) is 0. The van der Waals surface area contributed by atoms with Crippen LogP contribution in [0.3, 0.4) is 0 Å². The van der Waals surface area contributed by atoms with E-state index in [9.17, 15) is 9.90 Å². The number of amides is 1. The van der Waals surface area contributed by atoms with Gasteiger partial charge in [0.25, 0.3) is 5.91 Å². The van der Waals surface area contributed by atoms with Crippen molar-refractivity contribution in [3.8, 4) is 0 Å². The van der Waals surface area contributed by atoms with E-state index in [0.717, 1.165) is 13.1 Å². The molecule has 2 aliphatic heterocycles. The van der Waals surface area contributed by atoms with Crippen molar-refractivity contribution in [2.75, 3.05) is 26.2 Å². The van der Waals surface area contributed by atoms with Gasteiger partial charge in [-0.3, -0.25) is 9.69 Å². The van der Waals surface area contributed by atoms with Gasteiger partial charge in [-0.25, -0.2) is 0 Å². The first kappa shape index (κ1) is 14.5. The first-order chi connectivity index (χ1) is 10.1. The topological polar surface area (TPSA) is 69.8 Å². The number of likely N-dealkylation sites (tertiary alicyclic amines) is 2. The van der Waals surface area contributed by atoms with Gasteiger partial charge in [0.05, 0.1) is 17.8 Å². The maximum absolute atomic E-state index is 12.7. The summed E-state index contributed by atoms with van der Waals surface area (Å²) < 4.78 is 5.15. The first-order valence-electron chi connectivity index (χ1n) is 7.78. The van der Waals surface area contributed by atoms with Crippen LogP contribution in [0.1, 0.15) is 41.6 Å². The van der Waals surface area contributed by atoms with Crippen molar-refractivity contribution in [1.82, 2.24) is 15.0 Å². The van der Waals surface area contributed by atoms with E-state index >= 15 is 0 Å². The van der Waals surface area contributed by atoms with Crippen molar-refractivity contribution in [3.05, 3.63) is 17.0 Å². The minimum Gasteiger partial charge on any atom is -0.390 e. The lowest BCUT2D eigenvalue weighted by atomic mass is 10.1. The molecule has 3 heterocycles. The van der Waals surface area contributed by atoms with Crippen LogP contribution in [0.15, 0.2) is 4.52 Å². The molecule has 6 nitrogen and oxygen atoms in total. The van der Waals surface area contributed by atoms with Crippen LogP contribution in [0.25, 0.3) is 0 Å². The Balaban J connectivity index is 1.75. The molecule has 21 heavy (non-hydrogen) atoms. The van der Waals surface area contributed by atoms with Crippen molar-refractivity contribution in [2.24, 2.45) is 0 Å². The smallest absolute Gasteiger partial charge is 0.259 e. The number of nitrogens with zero attached hydrogens (tertiary/aromatic N) is 3. The van der Waals surface area contributed by atoms with Gasteiger partial charge in [-0.2, -0.15) is 0 Å². The Hall–Kier alpha value is -1.40. The molecule has 2 saturated heterocycles. The molecule has 0 aromatic carbocycles. The van der Waals surface area contributed by atoms with E-state index in [0.29, 0.717) is 36.5 Å². The highest BCUT2D eigenvalue weighted by Gasteiger charge is 2.39. The summed E-state index contributed by atoms with van der Waals surface area (Å²) in [5, 5.41) is 14.2. The second kappa shape index (κ2) is 5.77. The van der Waals surface area contributed by atoms with E-state index in [1.54, 1.807) is 11.8 Å². The van der Waals surface area contributed by atoms with Crippen LogP contribution in [0.5, 0.6) is 0 Å². The van der Waals surface area contributed by atoms with Gasteiger partial charge in [0.2, 0.25) is 0 Å². The number of carbonyl (C=O) groups is 1. The number of aliphatic hydroxyl groups is 1. The van der Waals surface area contributed by atoms with Crippen LogP contribution in [0.2, 0.25) is 0 Å². The van der Waals surface area contributed by atoms with Crippen LogP contribution in [-0.2, 0) is 6.42 Å². The molecule has 0 aliphatic carbocycles. The number of hydrogen-bond donors (Lipinski definition) is 1. The summed E-state index contributed by atoms with van der Waals surface area (Å²) in [6.45, 7) is 6.76. The molecule has 0 radical (unpaired) electrons. The zero-order chi connectivity index (χ0) is 15.0. The molecule has 1 aromatic rings. The molecular weight excluding hydrogens is 270 g/mol. The van der Waals surface area contributed by atoms with Gasteiger partial charge in [-0.15, -0.1) is 0 Å². The van der Waals surface area contributed by atoms with Crippen LogP contribution in [0, 0.1) is 6.92 Å². The monoisotopic (exact) mass is 293 g/mol. The third-order valence-corrected chi connectivity index (χ3v) is 4.64. The number of aryl methyl sites for hydroxylation is 2. The van der Waals surface area contributed by atoms with Crippen LogP contribution in [0.4, 0.5) is 0 Å². The fourth-order valence-electron chi connectivity index (χ4n) is 3.46. The molecule has 116 valence electrons. The Morgan fingerprint density at radius 3 is 2.76 bits per heavy atom. The highest BCUT2D eigenvalue weighted by Crippen LogP contribution is 2.24. The third kappa shape index (κ3) is 2.58. The van der Waals surface area contributed by atoms with Gasteiger partial charge in [-0.1, -0.05) is 12.1 Å². The van der Waals surface area contributed by atoms with E-state index < -0.39 is 6.10 Å². The number of carbonyl (C=O) groups excluding carboxylic acids is 1. The number of β-amino-alcohol motifs (C(OH)–C–C–N with tert-alkyl or cyclic N) is 1. The molecule has 0 saturated carbocycles. The summed E-state index contributed by atoms with van der Waals surface area (Å²) in [4.78, 5) is 16.8. The molecule has 1 N–H and O–H groups in total. The number of aromatic nitrogens is 1. The SMILES string of the molecule is CCc1noc(C)c1C(=O)N1C[C@@H](O)[C@H](N2CCCC2)C1. The molecule has 0 unspecified atom stereocenters. The van der Waals surface area contributed by atoms with Gasteiger partial charge in [0.1, 0.15) is 11.3 Å². The van der Waals surface area contributed by atoms with Crippen molar-refractivity contribution < 1.29 is 14.4 Å². The summed E-state index contributed by atoms with van der Waals surface area (Å²) in [6.07, 6.45) is 2.58. The van der Waals surface area contributed by atoms with Crippen molar-refractivity contribution >= 4 is 5.91 Å². The Labute approximate surface area is 124 Å². The van der Waals surface area contributed by atoms with E-state index in [4.69, 9.17) is 4.52 Å². The maximum Gasteiger partial charge on any atom is 0.259 e. The van der Waals surface area contributed by atoms with Gasteiger partial charge in [0, 0.05) is 13.1 Å². The van der Waals surface area contributed by atoms with E-state index in [1.807, 2.05) is 6.92 Å². The number of hydrogen-bond acceptors (Lipinski definition) is 5. The average Bonchev–Trinajstić information content (AvgIpc) is 3.17. The van der Waals surface area contributed by atoms with E-state index in [2.05, 4.69) is 10.1 Å². The van der Waals surface area contributed by atoms with Crippen LogP contribution in [-0.4, -0.2) is 64.3 Å². The summed E-state index contributed by atoms with van der Waals surface area (Å²) >= 11 is 0. The lowest BCUT2D eigenvalue weighted by molar-refractivity contribution is 0.0760. The lowest BCUT2D eigenvalue weighted by Crippen LogP contribution is -2.41. The Morgan fingerprint density at radius 2 is 2.10 bits per heavy atom. The molecule has 0 spiro atoms. The lowest BCUT2D eigenvalue weighted by Gasteiger charge is -2.25. The summed E-state index contributed by atoms with van der Waals surface area (Å²) in [6, 6.07) is 0.0710. The van der Waals surface area contributed by atoms with Gasteiger partial charge < -0.3 is 14.5 Å². The average molecular weight is 293 g/mol. The first-order valence-corrected chi connectivity index (χ1v) is 7.78. The molecule has 2 fully saturated rings. The number of aliphatic hydroxyl groups excluding tert-OH is 1. The summed E-state index contributed by atoms with van der Waals surface area (Å²) in [5.41, 5.74) is 1.28. The Bertz CT molecular complexity index is 522. The Kier molecular flexibility index (Phi) is 3.99. The van der Waals surface area contributed by atoms with Crippen LogP contribution < -0.4 is 0 Å². The van der Waals surface area contributed by atoms with E-state index in [1.165, 1.54) is 12.8 Å². The molecular formula is C15H23N3O3. The largest absolute Gasteiger partial charge is 0.390 e.